The smallest absolute Gasteiger partial charge is 0.306 e. The van der Waals surface area contributed by atoms with Gasteiger partial charge in [0.25, 0.3) is 0 Å². The molecule has 0 aliphatic carbocycles. The molecule has 0 aliphatic heterocycles. The summed E-state index contributed by atoms with van der Waals surface area (Å²) >= 11 is 0. The molecule has 0 fully saturated rings. The molecule has 0 spiro atoms. The number of ether oxygens (including phenoxy) is 1. The standard InChI is InChI=1S/C7H12O3/c1-2-6-10-7(9)4-3-5-8/h2,8H,1,3-6H2. The van der Waals surface area contributed by atoms with Crippen LogP contribution >= 0.6 is 0 Å². The quantitative estimate of drug-likeness (QED) is 0.451. The molecule has 0 saturated heterocycles. The summed E-state index contributed by atoms with van der Waals surface area (Å²) in [6, 6.07) is 0. The van der Waals surface area contributed by atoms with E-state index in [1.54, 1.807) is 0 Å². The average Bonchev–Trinajstić information content (AvgIpc) is 1.97. The Hall–Kier alpha value is -0.830. The maximum absolute atomic E-state index is 10.6. The lowest BCUT2D eigenvalue weighted by Crippen LogP contribution is -2.04. The van der Waals surface area contributed by atoms with E-state index in [0.29, 0.717) is 6.42 Å². The van der Waals surface area contributed by atoms with E-state index in [0.717, 1.165) is 0 Å². The highest BCUT2D eigenvalue weighted by molar-refractivity contribution is 5.69. The monoisotopic (exact) mass is 144 g/mol. The Bertz CT molecular complexity index is 109. The lowest BCUT2D eigenvalue weighted by molar-refractivity contribution is -0.142. The first kappa shape index (κ1) is 9.17. The number of hydrogen-bond donors (Lipinski definition) is 1. The van der Waals surface area contributed by atoms with Crippen LogP contribution in [0.25, 0.3) is 0 Å². The molecule has 0 amide bonds. The third-order valence-electron chi connectivity index (χ3n) is 0.901. The van der Waals surface area contributed by atoms with Crippen LogP contribution in [-0.2, 0) is 9.53 Å². The van der Waals surface area contributed by atoms with Crippen molar-refractivity contribution in [1.29, 1.82) is 0 Å². The minimum Gasteiger partial charge on any atom is -0.461 e. The van der Waals surface area contributed by atoms with Gasteiger partial charge in [-0.25, -0.2) is 0 Å². The molecule has 0 unspecified atom stereocenters. The molecule has 0 aromatic rings. The molecule has 58 valence electrons. The van der Waals surface area contributed by atoms with E-state index < -0.39 is 0 Å². The van der Waals surface area contributed by atoms with E-state index in [9.17, 15) is 4.79 Å². The van der Waals surface area contributed by atoms with E-state index in [-0.39, 0.29) is 25.6 Å². The Morgan fingerprint density at radius 2 is 2.40 bits per heavy atom. The van der Waals surface area contributed by atoms with Gasteiger partial charge in [-0.3, -0.25) is 4.79 Å². The molecule has 3 heteroatoms. The van der Waals surface area contributed by atoms with E-state index in [4.69, 9.17) is 5.11 Å². The first-order valence-corrected chi connectivity index (χ1v) is 3.18. The summed E-state index contributed by atoms with van der Waals surface area (Å²) in [5, 5.41) is 8.31. The Morgan fingerprint density at radius 3 is 2.90 bits per heavy atom. The number of carbonyl (C=O) groups is 1. The van der Waals surface area contributed by atoms with E-state index in [2.05, 4.69) is 11.3 Å². The first-order chi connectivity index (χ1) is 4.81. The Balaban J connectivity index is 3.16. The molecule has 0 radical (unpaired) electrons. The van der Waals surface area contributed by atoms with Crippen LogP contribution in [0.2, 0.25) is 0 Å². The molecule has 1 N–H and O–H groups in total. The number of carbonyl (C=O) groups excluding carboxylic acids is 1. The number of aliphatic hydroxyl groups excluding tert-OH is 1. The molecular weight excluding hydrogens is 132 g/mol. The molecule has 0 bridgehead atoms. The van der Waals surface area contributed by atoms with Crippen molar-refractivity contribution < 1.29 is 14.6 Å². The molecular formula is C7H12O3. The summed E-state index contributed by atoms with van der Waals surface area (Å²) in [6.07, 6.45) is 2.26. The van der Waals surface area contributed by atoms with Crippen LogP contribution < -0.4 is 0 Å². The highest BCUT2D eigenvalue weighted by Gasteiger charge is 1.98. The van der Waals surface area contributed by atoms with Crippen LogP contribution in [0, 0.1) is 0 Å². The fourth-order valence-electron chi connectivity index (χ4n) is 0.447. The van der Waals surface area contributed by atoms with Crippen molar-refractivity contribution in [1.82, 2.24) is 0 Å². The summed E-state index contributed by atoms with van der Waals surface area (Å²) in [4.78, 5) is 10.6. The van der Waals surface area contributed by atoms with Gasteiger partial charge in [0.2, 0.25) is 0 Å². The Morgan fingerprint density at radius 1 is 1.70 bits per heavy atom. The van der Waals surface area contributed by atoms with Crippen molar-refractivity contribution in [2.24, 2.45) is 0 Å². The zero-order valence-corrected chi connectivity index (χ0v) is 5.88. The van der Waals surface area contributed by atoms with Crippen LogP contribution in [0.1, 0.15) is 12.8 Å². The number of aliphatic hydroxyl groups is 1. The van der Waals surface area contributed by atoms with E-state index in [1.165, 1.54) is 6.08 Å². The zero-order chi connectivity index (χ0) is 7.82. The van der Waals surface area contributed by atoms with Crippen molar-refractivity contribution in [3.8, 4) is 0 Å². The highest BCUT2D eigenvalue weighted by atomic mass is 16.5. The third-order valence-corrected chi connectivity index (χ3v) is 0.901. The molecule has 0 aromatic carbocycles. The van der Waals surface area contributed by atoms with Crippen molar-refractivity contribution in [2.75, 3.05) is 13.2 Å². The normalized spacial score (nSPS) is 8.90. The van der Waals surface area contributed by atoms with Gasteiger partial charge in [0.15, 0.2) is 0 Å². The lowest BCUT2D eigenvalue weighted by Gasteiger charge is -1.98. The highest BCUT2D eigenvalue weighted by Crippen LogP contribution is 1.90. The minimum absolute atomic E-state index is 0.0309. The number of rotatable bonds is 5. The molecule has 0 atom stereocenters. The topological polar surface area (TPSA) is 46.5 Å². The number of hydrogen-bond acceptors (Lipinski definition) is 3. The van der Waals surface area contributed by atoms with Crippen LogP contribution in [0.15, 0.2) is 12.7 Å². The summed E-state index contributed by atoms with van der Waals surface area (Å²) in [6.45, 7) is 3.67. The minimum atomic E-state index is -0.283. The van der Waals surface area contributed by atoms with Crippen LogP contribution in [0.4, 0.5) is 0 Å². The fraction of sp³-hybridized carbons (Fsp3) is 0.571. The Labute approximate surface area is 60.3 Å². The van der Waals surface area contributed by atoms with E-state index in [1.807, 2.05) is 0 Å². The van der Waals surface area contributed by atoms with Crippen molar-refractivity contribution in [2.45, 2.75) is 12.8 Å². The largest absolute Gasteiger partial charge is 0.461 e. The van der Waals surface area contributed by atoms with Gasteiger partial charge in [-0.1, -0.05) is 12.7 Å². The second-order valence-corrected chi connectivity index (χ2v) is 1.80. The zero-order valence-electron chi connectivity index (χ0n) is 5.88. The van der Waals surface area contributed by atoms with Gasteiger partial charge >= 0.3 is 5.97 Å². The molecule has 0 saturated carbocycles. The molecule has 0 aliphatic rings. The van der Waals surface area contributed by atoms with Gasteiger partial charge in [0.1, 0.15) is 6.61 Å². The van der Waals surface area contributed by atoms with Crippen molar-refractivity contribution in [3.05, 3.63) is 12.7 Å². The summed E-state index contributed by atoms with van der Waals surface area (Å²) in [5.74, 6) is -0.283. The Kier molecular flexibility index (Phi) is 5.77. The molecule has 0 rings (SSSR count). The third kappa shape index (κ3) is 5.31. The van der Waals surface area contributed by atoms with E-state index >= 15 is 0 Å². The SMILES string of the molecule is C=CCOC(=O)CCCO. The first-order valence-electron chi connectivity index (χ1n) is 3.18. The van der Waals surface area contributed by atoms with Gasteiger partial charge in [-0.15, -0.1) is 0 Å². The summed E-state index contributed by atoms with van der Waals surface area (Å²) in [5.41, 5.74) is 0. The van der Waals surface area contributed by atoms with Gasteiger partial charge in [-0.2, -0.15) is 0 Å². The van der Waals surface area contributed by atoms with Gasteiger partial charge in [-0.05, 0) is 6.42 Å². The molecule has 3 nitrogen and oxygen atoms in total. The fourth-order valence-corrected chi connectivity index (χ4v) is 0.447. The maximum atomic E-state index is 10.6. The predicted molar refractivity (Wildman–Crippen MR) is 37.5 cm³/mol. The van der Waals surface area contributed by atoms with Crippen molar-refractivity contribution >= 4 is 5.97 Å². The van der Waals surface area contributed by atoms with Gasteiger partial charge in [0, 0.05) is 13.0 Å². The van der Waals surface area contributed by atoms with Crippen LogP contribution in [-0.4, -0.2) is 24.3 Å². The number of esters is 1. The predicted octanol–water partition coefficient (Wildman–Crippen LogP) is 0.488. The van der Waals surface area contributed by atoms with Gasteiger partial charge in [0.05, 0.1) is 0 Å². The lowest BCUT2D eigenvalue weighted by atomic mass is 10.3. The second-order valence-electron chi connectivity index (χ2n) is 1.80. The molecule has 10 heavy (non-hydrogen) atoms. The molecule has 0 heterocycles. The van der Waals surface area contributed by atoms with Gasteiger partial charge < -0.3 is 9.84 Å². The van der Waals surface area contributed by atoms with Crippen LogP contribution in [0.3, 0.4) is 0 Å². The van der Waals surface area contributed by atoms with Crippen LogP contribution in [0.5, 0.6) is 0 Å². The van der Waals surface area contributed by atoms with Crippen molar-refractivity contribution in [3.63, 3.8) is 0 Å². The maximum Gasteiger partial charge on any atom is 0.306 e. The second kappa shape index (κ2) is 6.29. The summed E-state index contributed by atoms with van der Waals surface area (Å²) < 4.78 is 4.63. The summed E-state index contributed by atoms with van der Waals surface area (Å²) in [7, 11) is 0. The average molecular weight is 144 g/mol. The molecule has 0 aromatic heterocycles.